The van der Waals surface area contributed by atoms with Crippen molar-refractivity contribution in [3.05, 3.63) is 27.7 Å². The van der Waals surface area contributed by atoms with Gasteiger partial charge in [0.25, 0.3) is 0 Å². The molecule has 104 valence electrons. The molecular formula is C15H20BrNO2. The number of benzene rings is 1. The molecule has 0 aromatic heterocycles. The Morgan fingerprint density at radius 2 is 2.11 bits per heavy atom. The number of ether oxygens (including phenoxy) is 1. The minimum atomic E-state index is 0.0663. The largest absolute Gasteiger partial charge is 0.378 e. The SMILES string of the molecule is Cc1cc(NC(=O)CCC2CCCO2)cc(C)c1Br. The summed E-state index contributed by atoms with van der Waals surface area (Å²) in [4.78, 5) is 11.9. The van der Waals surface area contributed by atoms with Crippen LogP contribution in [0.4, 0.5) is 5.69 Å². The smallest absolute Gasteiger partial charge is 0.224 e. The summed E-state index contributed by atoms with van der Waals surface area (Å²) < 4.78 is 6.62. The Labute approximate surface area is 122 Å². The summed E-state index contributed by atoms with van der Waals surface area (Å²) >= 11 is 3.53. The highest BCUT2D eigenvalue weighted by Crippen LogP contribution is 2.25. The lowest BCUT2D eigenvalue weighted by Crippen LogP contribution is -2.15. The molecule has 0 aliphatic carbocycles. The predicted molar refractivity (Wildman–Crippen MR) is 80.5 cm³/mol. The molecule has 0 radical (unpaired) electrons. The van der Waals surface area contributed by atoms with Gasteiger partial charge in [0.05, 0.1) is 6.10 Å². The zero-order chi connectivity index (χ0) is 13.8. The van der Waals surface area contributed by atoms with Crippen molar-refractivity contribution in [1.82, 2.24) is 0 Å². The van der Waals surface area contributed by atoms with E-state index >= 15 is 0 Å². The van der Waals surface area contributed by atoms with Crippen LogP contribution in [0.2, 0.25) is 0 Å². The normalized spacial score (nSPS) is 18.6. The third-order valence-corrected chi connectivity index (χ3v) is 4.69. The van der Waals surface area contributed by atoms with Crippen LogP contribution in [-0.2, 0) is 9.53 Å². The molecule has 2 rings (SSSR count). The van der Waals surface area contributed by atoms with E-state index in [1.54, 1.807) is 0 Å². The molecule has 1 amide bonds. The Balaban J connectivity index is 1.87. The molecule has 1 aliphatic rings. The van der Waals surface area contributed by atoms with Crippen LogP contribution in [0.15, 0.2) is 16.6 Å². The Morgan fingerprint density at radius 3 is 2.68 bits per heavy atom. The fraction of sp³-hybridized carbons (Fsp3) is 0.533. The van der Waals surface area contributed by atoms with Gasteiger partial charge in [-0.05, 0) is 56.4 Å². The quantitative estimate of drug-likeness (QED) is 0.909. The first kappa shape index (κ1) is 14.5. The van der Waals surface area contributed by atoms with E-state index in [4.69, 9.17) is 4.74 Å². The molecule has 1 heterocycles. The van der Waals surface area contributed by atoms with Crippen molar-refractivity contribution in [2.45, 2.75) is 45.6 Å². The van der Waals surface area contributed by atoms with Crippen molar-refractivity contribution < 1.29 is 9.53 Å². The number of amides is 1. The Bertz CT molecular complexity index is 444. The monoisotopic (exact) mass is 325 g/mol. The van der Waals surface area contributed by atoms with E-state index in [2.05, 4.69) is 21.2 Å². The van der Waals surface area contributed by atoms with E-state index in [0.29, 0.717) is 6.42 Å². The summed E-state index contributed by atoms with van der Waals surface area (Å²) in [6.45, 7) is 4.90. The lowest BCUT2D eigenvalue weighted by molar-refractivity contribution is -0.116. The highest BCUT2D eigenvalue weighted by molar-refractivity contribution is 9.10. The van der Waals surface area contributed by atoms with E-state index in [9.17, 15) is 4.79 Å². The second-order valence-corrected chi connectivity index (χ2v) is 5.94. The fourth-order valence-corrected chi connectivity index (χ4v) is 2.63. The zero-order valence-corrected chi connectivity index (χ0v) is 13.0. The summed E-state index contributed by atoms with van der Waals surface area (Å²) in [6.07, 6.45) is 3.83. The zero-order valence-electron chi connectivity index (χ0n) is 11.5. The van der Waals surface area contributed by atoms with Crippen LogP contribution in [0.5, 0.6) is 0 Å². The Kier molecular flexibility index (Phi) is 4.99. The van der Waals surface area contributed by atoms with Crippen LogP contribution >= 0.6 is 15.9 Å². The van der Waals surface area contributed by atoms with Crippen molar-refractivity contribution >= 4 is 27.5 Å². The third-order valence-electron chi connectivity index (χ3n) is 3.44. The highest BCUT2D eigenvalue weighted by atomic mass is 79.9. The van der Waals surface area contributed by atoms with Gasteiger partial charge in [-0.1, -0.05) is 15.9 Å². The number of halogens is 1. The standard InChI is InChI=1S/C15H20BrNO2/c1-10-8-12(9-11(2)15(10)16)17-14(18)6-5-13-4-3-7-19-13/h8-9,13H,3-7H2,1-2H3,(H,17,18). The molecule has 0 bridgehead atoms. The molecule has 4 heteroatoms. The van der Waals surface area contributed by atoms with Gasteiger partial charge in [0, 0.05) is 23.2 Å². The van der Waals surface area contributed by atoms with Gasteiger partial charge in [-0.2, -0.15) is 0 Å². The number of carbonyl (C=O) groups excluding carboxylic acids is 1. The molecule has 1 unspecified atom stereocenters. The van der Waals surface area contributed by atoms with Gasteiger partial charge in [-0.25, -0.2) is 0 Å². The lowest BCUT2D eigenvalue weighted by Gasteiger charge is -2.11. The number of aryl methyl sites for hydroxylation is 2. The van der Waals surface area contributed by atoms with Crippen LogP contribution in [0.25, 0.3) is 0 Å². The average molecular weight is 326 g/mol. The van der Waals surface area contributed by atoms with Crippen molar-refractivity contribution in [3.63, 3.8) is 0 Å². The maximum Gasteiger partial charge on any atom is 0.224 e. The van der Waals surface area contributed by atoms with E-state index in [1.807, 2.05) is 26.0 Å². The minimum Gasteiger partial charge on any atom is -0.378 e. The van der Waals surface area contributed by atoms with E-state index in [-0.39, 0.29) is 12.0 Å². The summed E-state index contributed by atoms with van der Waals surface area (Å²) in [5, 5.41) is 2.96. The third kappa shape index (κ3) is 4.05. The molecule has 1 aromatic rings. The number of hydrogen-bond acceptors (Lipinski definition) is 2. The molecule has 1 aromatic carbocycles. The van der Waals surface area contributed by atoms with Gasteiger partial charge in [-0.15, -0.1) is 0 Å². The molecule has 1 fully saturated rings. The van der Waals surface area contributed by atoms with Crippen molar-refractivity contribution in [3.8, 4) is 0 Å². The summed E-state index contributed by atoms with van der Waals surface area (Å²) in [5.74, 6) is 0.0663. The highest BCUT2D eigenvalue weighted by Gasteiger charge is 2.16. The summed E-state index contributed by atoms with van der Waals surface area (Å²) in [5.41, 5.74) is 3.14. The topological polar surface area (TPSA) is 38.3 Å². The number of anilines is 1. The molecule has 0 spiro atoms. The molecule has 1 atom stereocenters. The van der Waals surface area contributed by atoms with Crippen LogP contribution in [-0.4, -0.2) is 18.6 Å². The Hall–Kier alpha value is -0.870. The predicted octanol–water partition coefficient (Wildman–Crippen LogP) is 3.96. The van der Waals surface area contributed by atoms with Gasteiger partial charge in [0.2, 0.25) is 5.91 Å². The minimum absolute atomic E-state index is 0.0663. The second kappa shape index (κ2) is 6.53. The molecule has 1 saturated heterocycles. The maximum absolute atomic E-state index is 11.9. The van der Waals surface area contributed by atoms with Crippen molar-refractivity contribution in [2.24, 2.45) is 0 Å². The average Bonchev–Trinajstić information content (AvgIpc) is 2.86. The number of rotatable bonds is 4. The van der Waals surface area contributed by atoms with Gasteiger partial charge >= 0.3 is 0 Å². The summed E-state index contributed by atoms with van der Waals surface area (Å²) in [6, 6.07) is 3.97. The van der Waals surface area contributed by atoms with Gasteiger partial charge in [0.1, 0.15) is 0 Å². The summed E-state index contributed by atoms with van der Waals surface area (Å²) in [7, 11) is 0. The van der Waals surface area contributed by atoms with E-state index in [1.165, 1.54) is 0 Å². The van der Waals surface area contributed by atoms with Crippen molar-refractivity contribution in [2.75, 3.05) is 11.9 Å². The maximum atomic E-state index is 11.9. The number of hydrogen-bond donors (Lipinski definition) is 1. The van der Waals surface area contributed by atoms with E-state index < -0.39 is 0 Å². The van der Waals surface area contributed by atoms with Crippen molar-refractivity contribution in [1.29, 1.82) is 0 Å². The molecular weight excluding hydrogens is 306 g/mol. The molecule has 0 saturated carbocycles. The first-order valence-corrected chi connectivity index (χ1v) is 7.54. The first-order chi connectivity index (χ1) is 9.06. The Morgan fingerprint density at radius 1 is 1.42 bits per heavy atom. The van der Waals surface area contributed by atoms with Crippen LogP contribution < -0.4 is 5.32 Å². The molecule has 1 aliphatic heterocycles. The van der Waals surface area contributed by atoms with Gasteiger partial charge in [0.15, 0.2) is 0 Å². The van der Waals surface area contributed by atoms with E-state index in [0.717, 1.165) is 47.2 Å². The molecule has 3 nitrogen and oxygen atoms in total. The van der Waals surface area contributed by atoms with Crippen LogP contribution in [0.3, 0.4) is 0 Å². The number of nitrogens with one attached hydrogen (secondary N) is 1. The molecule has 19 heavy (non-hydrogen) atoms. The van der Waals surface area contributed by atoms with Crippen LogP contribution in [0, 0.1) is 13.8 Å². The van der Waals surface area contributed by atoms with Gasteiger partial charge < -0.3 is 10.1 Å². The number of carbonyl (C=O) groups is 1. The second-order valence-electron chi connectivity index (χ2n) is 5.15. The lowest BCUT2D eigenvalue weighted by atomic mass is 10.1. The first-order valence-electron chi connectivity index (χ1n) is 6.74. The fourth-order valence-electron chi connectivity index (χ4n) is 2.41. The van der Waals surface area contributed by atoms with Crippen LogP contribution in [0.1, 0.15) is 36.8 Å². The van der Waals surface area contributed by atoms with Gasteiger partial charge in [-0.3, -0.25) is 4.79 Å². The molecule has 1 N–H and O–H groups in total.